The fourth-order valence-electron chi connectivity index (χ4n) is 2.21. The van der Waals surface area contributed by atoms with Gasteiger partial charge in [-0.2, -0.15) is 5.10 Å². The third-order valence-corrected chi connectivity index (χ3v) is 3.22. The van der Waals surface area contributed by atoms with Crippen molar-refractivity contribution in [3.8, 4) is 0 Å². The maximum Gasteiger partial charge on any atom is 0.333 e. The van der Waals surface area contributed by atoms with E-state index >= 15 is 0 Å². The predicted molar refractivity (Wildman–Crippen MR) is 77.9 cm³/mol. The molecule has 6 nitrogen and oxygen atoms in total. The lowest BCUT2D eigenvalue weighted by Gasteiger charge is -2.08. The summed E-state index contributed by atoms with van der Waals surface area (Å²) in [5, 5.41) is 18.2. The van der Waals surface area contributed by atoms with E-state index in [0.29, 0.717) is 36.6 Å². The van der Waals surface area contributed by atoms with Crippen LogP contribution in [0.15, 0.2) is 24.3 Å². The van der Waals surface area contributed by atoms with Crippen LogP contribution in [0.1, 0.15) is 18.2 Å². The molecule has 7 heteroatoms. The van der Waals surface area contributed by atoms with E-state index in [0.717, 1.165) is 0 Å². The van der Waals surface area contributed by atoms with Crippen molar-refractivity contribution in [2.45, 2.75) is 26.8 Å². The molecule has 0 fully saturated rings. The van der Waals surface area contributed by atoms with E-state index in [4.69, 9.17) is 0 Å². The zero-order valence-corrected chi connectivity index (χ0v) is 12.0. The van der Waals surface area contributed by atoms with Gasteiger partial charge in [0.25, 0.3) is 0 Å². The number of hydrogen-bond donors (Lipinski definition) is 1. The first-order valence-electron chi connectivity index (χ1n) is 6.73. The summed E-state index contributed by atoms with van der Waals surface area (Å²) in [6.07, 6.45) is 0.442. The minimum Gasteiger partial charge on any atom is -0.364 e. The van der Waals surface area contributed by atoms with Crippen LogP contribution in [-0.4, -0.2) is 21.2 Å². The van der Waals surface area contributed by atoms with E-state index in [1.54, 1.807) is 29.8 Å². The Balaban J connectivity index is 2.13. The van der Waals surface area contributed by atoms with Gasteiger partial charge in [-0.25, -0.2) is 9.07 Å². The van der Waals surface area contributed by atoms with Crippen molar-refractivity contribution < 1.29 is 9.31 Å². The van der Waals surface area contributed by atoms with Gasteiger partial charge in [0.2, 0.25) is 5.82 Å². The van der Waals surface area contributed by atoms with Gasteiger partial charge in [0.1, 0.15) is 11.5 Å². The molecule has 0 radical (unpaired) electrons. The quantitative estimate of drug-likeness (QED) is 0.656. The predicted octanol–water partition coefficient (Wildman–Crippen LogP) is 2.91. The van der Waals surface area contributed by atoms with Gasteiger partial charge in [0, 0.05) is 13.1 Å². The van der Waals surface area contributed by atoms with E-state index in [1.165, 1.54) is 6.07 Å². The number of anilines is 1. The Kier molecular flexibility index (Phi) is 4.52. The molecule has 1 aromatic carbocycles. The van der Waals surface area contributed by atoms with E-state index < -0.39 is 4.92 Å². The monoisotopic (exact) mass is 292 g/mol. The Labute approximate surface area is 121 Å². The normalized spacial score (nSPS) is 10.6. The molecule has 0 spiro atoms. The third kappa shape index (κ3) is 3.18. The van der Waals surface area contributed by atoms with Crippen molar-refractivity contribution >= 4 is 11.5 Å². The van der Waals surface area contributed by atoms with E-state index in [1.807, 2.05) is 6.92 Å². The highest BCUT2D eigenvalue weighted by Crippen LogP contribution is 2.28. The van der Waals surface area contributed by atoms with Gasteiger partial charge < -0.3 is 5.32 Å². The number of hydrogen-bond acceptors (Lipinski definition) is 4. The van der Waals surface area contributed by atoms with Gasteiger partial charge in [-0.15, -0.1) is 0 Å². The van der Waals surface area contributed by atoms with Crippen LogP contribution < -0.4 is 5.32 Å². The molecule has 21 heavy (non-hydrogen) atoms. The molecule has 0 amide bonds. The molecule has 112 valence electrons. The molecular weight excluding hydrogens is 275 g/mol. The standard InChI is InChI=1S/C14H17FN4O2/c1-3-18-14(13(19(20)21)10(2)17-18)16-9-8-11-6-4-5-7-12(11)15/h4-7,16H,3,8-9H2,1-2H3. The molecule has 0 unspecified atom stereocenters. The summed E-state index contributed by atoms with van der Waals surface area (Å²) >= 11 is 0. The van der Waals surface area contributed by atoms with Crippen molar-refractivity contribution in [3.63, 3.8) is 0 Å². The molecule has 0 saturated carbocycles. The second-order valence-electron chi connectivity index (χ2n) is 4.62. The Bertz CT molecular complexity index is 654. The molecule has 1 N–H and O–H groups in total. The average Bonchev–Trinajstić information content (AvgIpc) is 2.77. The van der Waals surface area contributed by atoms with Crippen LogP contribution in [0.3, 0.4) is 0 Å². The molecular formula is C14H17FN4O2. The summed E-state index contributed by atoms with van der Waals surface area (Å²) in [7, 11) is 0. The minimum atomic E-state index is -0.445. The number of rotatable bonds is 6. The van der Waals surface area contributed by atoms with E-state index in [9.17, 15) is 14.5 Å². The van der Waals surface area contributed by atoms with Crippen LogP contribution >= 0.6 is 0 Å². The lowest BCUT2D eigenvalue weighted by Crippen LogP contribution is -2.12. The topological polar surface area (TPSA) is 73.0 Å². The summed E-state index contributed by atoms with van der Waals surface area (Å²) in [4.78, 5) is 10.7. The first kappa shape index (κ1) is 15.0. The SMILES string of the molecule is CCn1nc(C)c([N+](=O)[O-])c1NCCc1ccccc1F. The van der Waals surface area contributed by atoms with Crippen molar-refractivity contribution in [1.29, 1.82) is 0 Å². The zero-order chi connectivity index (χ0) is 15.4. The molecule has 0 atom stereocenters. The number of aryl methyl sites for hydroxylation is 2. The Morgan fingerprint density at radius 2 is 2.14 bits per heavy atom. The minimum absolute atomic E-state index is 0.0228. The molecule has 0 bridgehead atoms. The van der Waals surface area contributed by atoms with E-state index in [2.05, 4.69) is 10.4 Å². The molecule has 0 aliphatic carbocycles. The fraction of sp³-hybridized carbons (Fsp3) is 0.357. The molecule has 2 rings (SSSR count). The van der Waals surface area contributed by atoms with Gasteiger partial charge in [0.05, 0.1) is 4.92 Å². The second kappa shape index (κ2) is 6.34. The van der Waals surface area contributed by atoms with Crippen molar-refractivity contribution in [1.82, 2.24) is 9.78 Å². The molecule has 1 heterocycles. The summed E-state index contributed by atoms with van der Waals surface area (Å²) < 4.78 is 15.1. The number of benzene rings is 1. The Morgan fingerprint density at radius 3 is 2.76 bits per heavy atom. The lowest BCUT2D eigenvalue weighted by atomic mass is 10.1. The van der Waals surface area contributed by atoms with Gasteiger partial charge in [0.15, 0.2) is 0 Å². The molecule has 0 aliphatic heterocycles. The van der Waals surface area contributed by atoms with Crippen LogP contribution in [0.5, 0.6) is 0 Å². The fourth-order valence-corrected chi connectivity index (χ4v) is 2.21. The molecule has 1 aromatic heterocycles. The van der Waals surface area contributed by atoms with Crippen LogP contribution in [0.25, 0.3) is 0 Å². The summed E-state index contributed by atoms with van der Waals surface area (Å²) in [5.74, 6) is 0.102. The van der Waals surface area contributed by atoms with Crippen LogP contribution in [0.4, 0.5) is 15.9 Å². The summed E-state index contributed by atoms with van der Waals surface area (Å²) in [6, 6.07) is 6.50. The largest absolute Gasteiger partial charge is 0.364 e. The Morgan fingerprint density at radius 1 is 1.43 bits per heavy atom. The molecule has 0 aliphatic rings. The highest BCUT2D eigenvalue weighted by atomic mass is 19.1. The van der Waals surface area contributed by atoms with Gasteiger partial charge in [-0.3, -0.25) is 10.1 Å². The van der Waals surface area contributed by atoms with Crippen LogP contribution in [0.2, 0.25) is 0 Å². The van der Waals surface area contributed by atoms with E-state index in [-0.39, 0.29) is 11.5 Å². The van der Waals surface area contributed by atoms with Crippen molar-refractivity contribution in [2.24, 2.45) is 0 Å². The molecule has 0 saturated heterocycles. The number of aromatic nitrogens is 2. The third-order valence-electron chi connectivity index (χ3n) is 3.22. The zero-order valence-electron chi connectivity index (χ0n) is 12.0. The van der Waals surface area contributed by atoms with Gasteiger partial charge in [-0.1, -0.05) is 18.2 Å². The van der Waals surface area contributed by atoms with Gasteiger partial charge >= 0.3 is 5.69 Å². The number of nitrogens with zero attached hydrogens (tertiary/aromatic N) is 3. The maximum atomic E-state index is 13.5. The highest BCUT2D eigenvalue weighted by Gasteiger charge is 2.24. The van der Waals surface area contributed by atoms with Crippen LogP contribution in [-0.2, 0) is 13.0 Å². The first-order valence-corrected chi connectivity index (χ1v) is 6.73. The summed E-state index contributed by atoms with van der Waals surface area (Å²) in [5.41, 5.74) is 0.924. The average molecular weight is 292 g/mol. The lowest BCUT2D eigenvalue weighted by molar-refractivity contribution is -0.384. The maximum absolute atomic E-state index is 13.5. The number of nitrogens with one attached hydrogen (secondary N) is 1. The smallest absolute Gasteiger partial charge is 0.333 e. The molecule has 2 aromatic rings. The van der Waals surface area contributed by atoms with Crippen molar-refractivity contribution in [3.05, 3.63) is 51.5 Å². The highest BCUT2D eigenvalue weighted by molar-refractivity contribution is 5.59. The second-order valence-corrected chi connectivity index (χ2v) is 4.62. The van der Waals surface area contributed by atoms with Crippen molar-refractivity contribution in [2.75, 3.05) is 11.9 Å². The Hall–Kier alpha value is -2.44. The first-order chi connectivity index (χ1) is 10.0. The number of halogens is 1. The van der Waals surface area contributed by atoms with Gasteiger partial charge in [-0.05, 0) is 31.9 Å². The number of nitro groups is 1. The summed E-state index contributed by atoms with van der Waals surface area (Å²) in [6.45, 7) is 4.38. The van der Waals surface area contributed by atoms with Crippen LogP contribution in [0, 0.1) is 22.9 Å².